The molecule has 4 rings (SSSR count). The highest BCUT2D eigenvalue weighted by Crippen LogP contribution is 2.52. The van der Waals surface area contributed by atoms with Crippen molar-refractivity contribution in [3.8, 4) is 5.75 Å². The molecular weight excluding hydrogens is 284 g/mol. The predicted octanol–water partition coefficient (Wildman–Crippen LogP) is 4.87. The molecule has 0 amide bonds. The Hall–Kier alpha value is -2.09. The molecule has 0 aromatic heterocycles. The minimum absolute atomic E-state index is 0.00186. The maximum atomic E-state index is 13.2. The molecule has 0 radical (unpaired) electrons. The van der Waals surface area contributed by atoms with Crippen molar-refractivity contribution in [2.45, 2.75) is 38.0 Å². The van der Waals surface area contributed by atoms with Crippen LogP contribution in [0.4, 0.5) is 0 Å². The number of carbonyl (C=O) groups is 1. The van der Waals surface area contributed by atoms with Gasteiger partial charge >= 0.3 is 0 Å². The van der Waals surface area contributed by atoms with Gasteiger partial charge in [0.15, 0.2) is 5.78 Å². The van der Waals surface area contributed by atoms with Crippen molar-refractivity contribution in [2.75, 3.05) is 7.11 Å². The molecule has 2 nitrogen and oxygen atoms in total. The number of benzene rings is 2. The van der Waals surface area contributed by atoms with Crippen LogP contribution in [-0.2, 0) is 0 Å². The molecule has 2 aliphatic carbocycles. The van der Waals surface area contributed by atoms with Gasteiger partial charge in [-0.15, -0.1) is 0 Å². The lowest BCUT2D eigenvalue weighted by Crippen LogP contribution is -2.30. The van der Waals surface area contributed by atoms with E-state index in [1.165, 1.54) is 18.4 Å². The van der Waals surface area contributed by atoms with Crippen LogP contribution < -0.4 is 4.74 Å². The van der Waals surface area contributed by atoms with Crippen molar-refractivity contribution in [1.82, 2.24) is 0 Å². The molecule has 2 aliphatic rings. The Morgan fingerprint density at radius 1 is 1.09 bits per heavy atom. The fraction of sp³-hybridized carbons (Fsp3) is 0.381. The first kappa shape index (κ1) is 14.5. The van der Waals surface area contributed by atoms with Gasteiger partial charge in [-0.3, -0.25) is 4.79 Å². The Morgan fingerprint density at radius 2 is 1.91 bits per heavy atom. The van der Waals surface area contributed by atoms with Gasteiger partial charge in [0, 0.05) is 5.56 Å². The summed E-state index contributed by atoms with van der Waals surface area (Å²) in [6, 6.07) is 14.5. The standard InChI is InChI=1S/C21H22O2/c1-13-12-14(10-11-19(13)23-2)20-17-9-5-8-15(17)16-6-3-4-7-18(16)21(20)22/h3-4,6-7,10-12,15,17,20H,5,8-9H2,1-2H3/t15-,17-,20?/m0/s1. The molecule has 3 atom stereocenters. The third kappa shape index (κ3) is 2.20. The smallest absolute Gasteiger partial charge is 0.170 e. The van der Waals surface area contributed by atoms with Gasteiger partial charge in [0.2, 0.25) is 0 Å². The summed E-state index contributed by atoms with van der Waals surface area (Å²) in [5.41, 5.74) is 4.47. The molecule has 1 fully saturated rings. The van der Waals surface area contributed by atoms with E-state index in [9.17, 15) is 4.79 Å². The highest BCUT2D eigenvalue weighted by molar-refractivity contribution is 6.04. The van der Waals surface area contributed by atoms with Gasteiger partial charge in [-0.2, -0.15) is 0 Å². The third-order valence-corrected chi connectivity index (χ3v) is 5.68. The largest absolute Gasteiger partial charge is 0.496 e. The molecule has 1 unspecified atom stereocenters. The Labute approximate surface area is 137 Å². The zero-order chi connectivity index (χ0) is 16.0. The summed E-state index contributed by atoms with van der Waals surface area (Å²) in [6.45, 7) is 2.05. The molecule has 0 saturated heterocycles. The van der Waals surface area contributed by atoms with Crippen molar-refractivity contribution in [1.29, 1.82) is 0 Å². The van der Waals surface area contributed by atoms with Crippen LogP contribution in [0.3, 0.4) is 0 Å². The van der Waals surface area contributed by atoms with E-state index in [0.717, 1.165) is 28.9 Å². The van der Waals surface area contributed by atoms with E-state index in [1.54, 1.807) is 7.11 Å². The number of hydrogen-bond acceptors (Lipinski definition) is 2. The van der Waals surface area contributed by atoms with Crippen LogP contribution in [-0.4, -0.2) is 12.9 Å². The number of ether oxygens (including phenoxy) is 1. The minimum Gasteiger partial charge on any atom is -0.496 e. The average Bonchev–Trinajstić information content (AvgIpc) is 3.05. The van der Waals surface area contributed by atoms with E-state index in [0.29, 0.717) is 17.6 Å². The SMILES string of the molecule is COc1ccc(C2C(=O)c3ccccc3[C@@H]3CCC[C@H]23)cc1C. The van der Waals surface area contributed by atoms with Crippen LogP contribution in [0, 0.1) is 12.8 Å². The molecule has 0 spiro atoms. The Balaban J connectivity index is 1.82. The van der Waals surface area contributed by atoms with Gasteiger partial charge < -0.3 is 4.74 Å². The summed E-state index contributed by atoms with van der Waals surface area (Å²) in [6.07, 6.45) is 3.59. The average molecular weight is 306 g/mol. The van der Waals surface area contributed by atoms with E-state index in [-0.39, 0.29) is 5.92 Å². The van der Waals surface area contributed by atoms with Crippen LogP contribution in [0.15, 0.2) is 42.5 Å². The molecule has 2 aromatic rings. The number of hydrogen-bond donors (Lipinski definition) is 0. The van der Waals surface area contributed by atoms with Crippen molar-refractivity contribution in [3.63, 3.8) is 0 Å². The Bertz CT molecular complexity index is 762. The summed E-state index contributed by atoms with van der Waals surface area (Å²) in [4.78, 5) is 13.2. The molecule has 2 aromatic carbocycles. The number of ketones is 1. The maximum absolute atomic E-state index is 13.2. The maximum Gasteiger partial charge on any atom is 0.170 e. The number of Topliss-reactive ketones (excluding diaryl/α,β-unsaturated/α-hetero) is 1. The monoisotopic (exact) mass is 306 g/mol. The fourth-order valence-corrected chi connectivity index (χ4v) is 4.67. The summed E-state index contributed by atoms with van der Waals surface area (Å²) in [5.74, 6) is 2.18. The number of aryl methyl sites for hydroxylation is 1. The van der Waals surface area contributed by atoms with Crippen LogP contribution in [0.1, 0.15) is 58.1 Å². The first-order chi connectivity index (χ1) is 11.2. The molecular formula is C21H22O2. The van der Waals surface area contributed by atoms with Gasteiger partial charge in [0.1, 0.15) is 5.75 Å². The molecule has 0 heterocycles. The van der Waals surface area contributed by atoms with Crippen LogP contribution in [0.2, 0.25) is 0 Å². The molecule has 118 valence electrons. The normalized spacial score (nSPS) is 25.8. The molecule has 1 saturated carbocycles. The second-order valence-corrected chi connectivity index (χ2v) is 6.86. The van der Waals surface area contributed by atoms with Crippen molar-refractivity contribution in [3.05, 3.63) is 64.7 Å². The molecule has 0 bridgehead atoms. The molecule has 23 heavy (non-hydrogen) atoms. The lowest BCUT2D eigenvalue weighted by atomic mass is 9.67. The number of carbonyl (C=O) groups excluding carboxylic acids is 1. The van der Waals surface area contributed by atoms with E-state index in [1.807, 2.05) is 18.2 Å². The minimum atomic E-state index is 0.00186. The van der Waals surface area contributed by atoms with Crippen LogP contribution in [0.5, 0.6) is 5.75 Å². The van der Waals surface area contributed by atoms with Gasteiger partial charge in [-0.05, 0) is 54.4 Å². The van der Waals surface area contributed by atoms with Crippen molar-refractivity contribution < 1.29 is 9.53 Å². The Morgan fingerprint density at radius 3 is 2.70 bits per heavy atom. The van der Waals surface area contributed by atoms with Crippen LogP contribution >= 0.6 is 0 Å². The van der Waals surface area contributed by atoms with Crippen molar-refractivity contribution in [2.24, 2.45) is 5.92 Å². The summed E-state index contributed by atoms with van der Waals surface area (Å²) < 4.78 is 5.37. The summed E-state index contributed by atoms with van der Waals surface area (Å²) >= 11 is 0. The van der Waals surface area contributed by atoms with Gasteiger partial charge in [-0.25, -0.2) is 0 Å². The molecule has 0 aliphatic heterocycles. The second-order valence-electron chi connectivity index (χ2n) is 6.86. The highest BCUT2D eigenvalue weighted by Gasteiger charge is 2.44. The van der Waals surface area contributed by atoms with Gasteiger partial charge in [0.05, 0.1) is 13.0 Å². The highest BCUT2D eigenvalue weighted by atomic mass is 16.5. The zero-order valence-corrected chi connectivity index (χ0v) is 13.7. The molecule has 2 heteroatoms. The van der Waals surface area contributed by atoms with E-state index >= 15 is 0 Å². The first-order valence-corrected chi connectivity index (χ1v) is 8.48. The summed E-state index contributed by atoms with van der Waals surface area (Å²) in [7, 11) is 1.69. The lowest BCUT2D eigenvalue weighted by molar-refractivity contribution is 0.0907. The lowest BCUT2D eigenvalue weighted by Gasteiger charge is -2.35. The van der Waals surface area contributed by atoms with Gasteiger partial charge in [0.25, 0.3) is 0 Å². The topological polar surface area (TPSA) is 26.3 Å². The zero-order valence-electron chi connectivity index (χ0n) is 13.7. The van der Waals surface area contributed by atoms with E-state index in [4.69, 9.17) is 4.74 Å². The first-order valence-electron chi connectivity index (χ1n) is 8.48. The van der Waals surface area contributed by atoms with Gasteiger partial charge in [-0.1, -0.05) is 42.8 Å². The fourth-order valence-electron chi connectivity index (χ4n) is 4.67. The second kappa shape index (κ2) is 5.52. The number of methoxy groups -OCH3 is 1. The number of rotatable bonds is 2. The van der Waals surface area contributed by atoms with Crippen LogP contribution in [0.25, 0.3) is 0 Å². The Kier molecular flexibility index (Phi) is 3.48. The van der Waals surface area contributed by atoms with Crippen molar-refractivity contribution >= 4 is 5.78 Å². The quantitative estimate of drug-likeness (QED) is 0.791. The molecule has 0 N–H and O–H groups in total. The summed E-state index contributed by atoms with van der Waals surface area (Å²) in [5, 5.41) is 0. The van der Waals surface area contributed by atoms with E-state index in [2.05, 4.69) is 31.2 Å². The predicted molar refractivity (Wildman–Crippen MR) is 91.3 cm³/mol. The third-order valence-electron chi connectivity index (χ3n) is 5.68. The number of fused-ring (bicyclic) bond motifs is 3. The van der Waals surface area contributed by atoms with E-state index < -0.39 is 0 Å².